The molecule has 0 aliphatic heterocycles. The number of esters is 1. The second-order valence-corrected chi connectivity index (χ2v) is 9.20. The molecule has 1 aliphatic carbocycles. The molecule has 0 amide bonds. The molecule has 1 aliphatic rings. The van der Waals surface area contributed by atoms with E-state index in [2.05, 4.69) is 48.5 Å². The maximum absolute atomic E-state index is 13.0. The minimum atomic E-state index is -0.314. The number of carbonyl (C=O) groups excluding carboxylic acids is 1. The molecule has 0 spiro atoms. The molecular formula is C29H22N2O2S. The van der Waals surface area contributed by atoms with E-state index in [1.54, 1.807) is 11.8 Å². The summed E-state index contributed by atoms with van der Waals surface area (Å²) in [7, 11) is 1.44. The minimum absolute atomic E-state index is 0.314. The Kier molecular flexibility index (Phi) is 5.00. The molecule has 5 aromatic rings. The second-order valence-electron chi connectivity index (χ2n) is 8.35. The number of hydrogen-bond acceptors (Lipinski definition) is 4. The van der Waals surface area contributed by atoms with Crippen LogP contribution in [0, 0.1) is 0 Å². The van der Waals surface area contributed by atoms with Crippen LogP contribution in [0.25, 0.3) is 38.7 Å². The fraction of sp³-hybridized carbons (Fsp3) is 0.103. The summed E-state index contributed by atoms with van der Waals surface area (Å²) in [5, 5.41) is 7.31. The summed E-state index contributed by atoms with van der Waals surface area (Å²) in [5.74, 6) is -0.314. The Morgan fingerprint density at radius 3 is 2.47 bits per heavy atom. The summed E-state index contributed by atoms with van der Waals surface area (Å²) >= 11 is 1.57. The smallest absolute Gasteiger partial charge is 0.339 e. The summed E-state index contributed by atoms with van der Waals surface area (Å²) < 4.78 is 7.13. The van der Waals surface area contributed by atoms with Gasteiger partial charge in [0, 0.05) is 28.6 Å². The average Bonchev–Trinajstić information content (AvgIpc) is 3.46. The average molecular weight is 463 g/mol. The summed E-state index contributed by atoms with van der Waals surface area (Å²) in [6, 6.07) is 27.1. The van der Waals surface area contributed by atoms with Crippen LogP contribution in [0.1, 0.15) is 21.6 Å². The zero-order valence-corrected chi connectivity index (χ0v) is 19.7. The quantitative estimate of drug-likeness (QED) is 0.214. The van der Waals surface area contributed by atoms with E-state index in [-0.39, 0.29) is 5.97 Å². The first-order valence-corrected chi connectivity index (χ1v) is 12.4. The van der Waals surface area contributed by atoms with Crippen LogP contribution in [0.3, 0.4) is 0 Å². The molecule has 34 heavy (non-hydrogen) atoms. The van der Waals surface area contributed by atoms with Crippen LogP contribution >= 0.6 is 11.8 Å². The van der Waals surface area contributed by atoms with Crippen molar-refractivity contribution in [2.24, 2.45) is 0 Å². The van der Waals surface area contributed by atoms with E-state index >= 15 is 0 Å². The van der Waals surface area contributed by atoms with Crippen molar-refractivity contribution in [1.29, 1.82) is 0 Å². The summed E-state index contributed by atoms with van der Waals surface area (Å²) in [6.45, 7) is 0. The molecule has 0 atom stereocenters. The van der Waals surface area contributed by atoms with Crippen LogP contribution in [0.15, 0.2) is 90.0 Å². The van der Waals surface area contributed by atoms with Gasteiger partial charge in [-0.25, -0.2) is 9.48 Å². The lowest BCUT2D eigenvalue weighted by atomic mass is 9.91. The SMILES string of the molecule is COC(=O)c1c(SC)cc(-c2ccc3ccccc3c2)c2c1-c1cn(-c3ccccc3)nc1C2. The number of aromatic nitrogens is 2. The molecule has 5 heteroatoms. The predicted octanol–water partition coefficient (Wildman–Crippen LogP) is 6.77. The molecule has 0 bridgehead atoms. The van der Waals surface area contributed by atoms with Crippen molar-refractivity contribution in [3.05, 3.63) is 102 Å². The normalized spacial score (nSPS) is 11.9. The van der Waals surface area contributed by atoms with Gasteiger partial charge in [0.25, 0.3) is 0 Å². The number of thioether (sulfide) groups is 1. The van der Waals surface area contributed by atoms with Crippen LogP contribution in [0.2, 0.25) is 0 Å². The van der Waals surface area contributed by atoms with Gasteiger partial charge in [0.05, 0.1) is 24.1 Å². The molecule has 0 saturated carbocycles. The molecule has 0 fully saturated rings. The van der Waals surface area contributed by atoms with E-state index in [0.29, 0.717) is 12.0 Å². The van der Waals surface area contributed by atoms with Crippen LogP contribution < -0.4 is 0 Å². The van der Waals surface area contributed by atoms with Gasteiger partial charge in [-0.15, -0.1) is 11.8 Å². The van der Waals surface area contributed by atoms with Crippen LogP contribution in [-0.4, -0.2) is 29.1 Å². The standard InChI is InChI=1S/C29H22N2O2S/c1-33-29(32)28-26(34-2)16-22(20-13-12-18-8-6-7-9-19(18)14-20)23-15-25-24(27(23)28)17-31(30-25)21-10-4-3-5-11-21/h3-14,16-17H,15H2,1-2H3. The highest BCUT2D eigenvalue weighted by Crippen LogP contribution is 2.47. The second kappa shape index (κ2) is 8.19. The number of hydrogen-bond donors (Lipinski definition) is 0. The van der Waals surface area contributed by atoms with Gasteiger partial charge in [-0.05, 0) is 58.0 Å². The lowest BCUT2D eigenvalue weighted by Crippen LogP contribution is -2.07. The summed E-state index contributed by atoms with van der Waals surface area (Å²) in [5.41, 5.74) is 7.95. The first kappa shape index (κ1) is 20.8. The van der Waals surface area contributed by atoms with Crippen LogP contribution in [0.4, 0.5) is 0 Å². The molecular weight excluding hydrogens is 440 g/mol. The molecule has 0 radical (unpaired) electrons. The monoisotopic (exact) mass is 462 g/mol. The molecule has 0 saturated heterocycles. The number of benzene rings is 4. The molecule has 0 N–H and O–H groups in total. The Morgan fingerprint density at radius 1 is 0.941 bits per heavy atom. The van der Waals surface area contributed by atoms with Gasteiger partial charge in [0.15, 0.2) is 0 Å². The van der Waals surface area contributed by atoms with Crippen molar-refractivity contribution >= 4 is 28.5 Å². The van der Waals surface area contributed by atoms with E-state index in [1.807, 2.05) is 47.5 Å². The van der Waals surface area contributed by atoms with E-state index in [9.17, 15) is 4.79 Å². The number of ether oxygens (including phenoxy) is 1. The fourth-order valence-electron chi connectivity index (χ4n) is 4.89. The third kappa shape index (κ3) is 3.24. The van der Waals surface area contributed by atoms with E-state index in [0.717, 1.165) is 44.1 Å². The molecule has 4 nitrogen and oxygen atoms in total. The Balaban J connectivity index is 1.60. The van der Waals surface area contributed by atoms with Gasteiger partial charge in [-0.3, -0.25) is 0 Å². The number of fused-ring (bicyclic) bond motifs is 4. The number of para-hydroxylation sites is 1. The highest BCUT2D eigenvalue weighted by Gasteiger charge is 2.32. The highest BCUT2D eigenvalue weighted by molar-refractivity contribution is 7.98. The fourth-order valence-corrected chi connectivity index (χ4v) is 5.51. The first-order valence-electron chi connectivity index (χ1n) is 11.1. The number of nitrogens with zero attached hydrogens (tertiary/aromatic N) is 2. The van der Waals surface area contributed by atoms with Crippen molar-refractivity contribution < 1.29 is 9.53 Å². The van der Waals surface area contributed by atoms with Crippen molar-refractivity contribution in [2.45, 2.75) is 11.3 Å². The zero-order chi connectivity index (χ0) is 23.2. The highest BCUT2D eigenvalue weighted by atomic mass is 32.2. The third-order valence-electron chi connectivity index (χ3n) is 6.49. The number of methoxy groups -OCH3 is 1. The lowest BCUT2D eigenvalue weighted by Gasteiger charge is -2.17. The molecule has 4 aromatic carbocycles. The first-order chi connectivity index (χ1) is 16.7. The summed E-state index contributed by atoms with van der Waals surface area (Å²) in [4.78, 5) is 13.9. The van der Waals surface area contributed by atoms with Crippen LogP contribution in [-0.2, 0) is 11.2 Å². The van der Waals surface area contributed by atoms with E-state index in [1.165, 1.54) is 17.9 Å². The van der Waals surface area contributed by atoms with Crippen LogP contribution in [0.5, 0.6) is 0 Å². The Morgan fingerprint density at radius 2 is 1.71 bits per heavy atom. The maximum atomic E-state index is 13.0. The van der Waals surface area contributed by atoms with E-state index < -0.39 is 0 Å². The summed E-state index contributed by atoms with van der Waals surface area (Å²) in [6.07, 6.45) is 4.71. The topological polar surface area (TPSA) is 44.1 Å². The largest absolute Gasteiger partial charge is 0.465 e. The van der Waals surface area contributed by atoms with Crippen molar-refractivity contribution in [1.82, 2.24) is 9.78 Å². The number of carbonyl (C=O) groups is 1. The maximum Gasteiger partial charge on any atom is 0.339 e. The predicted molar refractivity (Wildman–Crippen MR) is 138 cm³/mol. The Labute approximate surface area is 202 Å². The molecule has 0 unspecified atom stereocenters. The van der Waals surface area contributed by atoms with E-state index in [4.69, 9.17) is 9.84 Å². The van der Waals surface area contributed by atoms with Crippen molar-refractivity contribution in [3.8, 4) is 27.9 Å². The van der Waals surface area contributed by atoms with Gasteiger partial charge in [-0.1, -0.05) is 54.6 Å². The Bertz CT molecular complexity index is 1570. The molecule has 1 aromatic heterocycles. The molecule has 6 rings (SSSR count). The van der Waals surface area contributed by atoms with Gasteiger partial charge < -0.3 is 4.74 Å². The van der Waals surface area contributed by atoms with Gasteiger partial charge in [0.2, 0.25) is 0 Å². The van der Waals surface area contributed by atoms with Crippen molar-refractivity contribution in [2.75, 3.05) is 13.4 Å². The lowest BCUT2D eigenvalue weighted by molar-refractivity contribution is 0.0597. The number of rotatable bonds is 4. The minimum Gasteiger partial charge on any atom is -0.465 e. The van der Waals surface area contributed by atoms with Gasteiger partial charge in [0.1, 0.15) is 0 Å². The molecule has 166 valence electrons. The zero-order valence-electron chi connectivity index (χ0n) is 18.9. The van der Waals surface area contributed by atoms with Gasteiger partial charge >= 0.3 is 5.97 Å². The van der Waals surface area contributed by atoms with Gasteiger partial charge in [-0.2, -0.15) is 5.10 Å². The van der Waals surface area contributed by atoms with Crippen molar-refractivity contribution in [3.63, 3.8) is 0 Å². The Hall–Kier alpha value is -3.83. The third-order valence-corrected chi connectivity index (χ3v) is 7.26. The molecule has 1 heterocycles.